The number of hydrogen-bond donors (Lipinski definition) is 1. The number of nitrogens with one attached hydrogen (secondary N) is 1. The molecule has 1 aromatic heterocycles. The number of aryl methyl sites for hydroxylation is 1. The molecule has 25 heavy (non-hydrogen) atoms. The highest BCUT2D eigenvalue weighted by molar-refractivity contribution is 14.0. The van der Waals surface area contributed by atoms with Crippen LogP contribution in [0.5, 0.6) is 0 Å². The Balaban J connectivity index is 0.00000312. The van der Waals surface area contributed by atoms with Gasteiger partial charge in [0.25, 0.3) is 0 Å². The fourth-order valence-electron chi connectivity index (χ4n) is 2.85. The molecule has 1 fully saturated rings. The van der Waals surface area contributed by atoms with E-state index in [9.17, 15) is 13.2 Å². The Kier molecular flexibility index (Phi) is 6.45. The van der Waals surface area contributed by atoms with Gasteiger partial charge in [-0.15, -0.1) is 24.0 Å². The summed E-state index contributed by atoms with van der Waals surface area (Å²) >= 11 is 0. The third kappa shape index (κ3) is 4.22. The second-order valence-corrected chi connectivity index (χ2v) is 7.37. The molecule has 0 atom stereocenters. The van der Waals surface area contributed by atoms with E-state index in [1.165, 1.54) is 17.9 Å². The first-order valence-electron chi connectivity index (χ1n) is 8.06. The number of hydrogen-bond acceptors (Lipinski definition) is 2. The molecule has 0 unspecified atom stereocenters. The van der Waals surface area contributed by atoms with Crippen molar-refractivity contribution in [3.8, 4) is 0 Å². The molecular weight excluding hydrogens is 446 g/mol. The third-order valence-corrected chi connectivity index (χ3v) is 5.05. The molecule has 1 saturated heterocycles. The van der Waals surface area contributed by atoms with Crippen LogP contribution in [0.3, 0.4) is 0 Å². The van der Waals surface area contributed by atoms with Crippen molar-refractivity contribution in [2.24, 2.45) is 17.5 Å². The monoisotopic (exact) mass is 473 g/mol. The van der Waals surface area contributed by atoms with E-state index in [-0.39, 0.29) is 47.0 Å². The van der Waals surface area contributed by atoms with Gasteiger partial charge in [0.15, 0.2) is 11.7 Å². The van der Waals surface area contributed by atoms with Crippen molar-refractivity contribution in [2.75, 3.05) is 13.1 Å². The maximum absolute atomic E-state index is 13.0. The second kappa shape index (κ2) is 7.32. The molecule has 0 saturated carbocycles. The van der Waals surface area contributed by atoms with Crippen LogP contribution in [0.1, 0.15) is 45.9 Å². The minimum atomic E-state index is -4.47. The van der Waals surface area contributed by atoms with Crippen molar-refractivity contribution in [1.29, 1.82) is 0 Å². The van der Waals surface area contributed by atoms with E-state index in [1.807, 2.05) is 6.92 Å². The Hall–Kier alpha value is -1.00. The molecule has 0 aromatic carbocycles. The highest BCUT2D eigenvalue weighted by Gasteiger charge is 2.53. The molecule has 1 N–H and O–H groups in total. The summed E-state index contributed by atoms with van der Waals surface area (Å²) < 4.78 is 40.3. The van der Waals surface area contributed by atoms with E-state index in [0.717, 1.165) is 6.54 Å². The summed E-state index contributed by atoms with van der Waals surface area (Å²) in [7, 11) is 1.48. The summed E-state index contributed by atoms with van der Waals surface area (Å²) in [6.45, 7) is 11.9. The quantitative estimate of drug-likeness (QED) is 0.415. The fourth-order valence-corrected chi connectivity index (χ4v) is 2.85. The van der Waals surface area contributed by atoms with E-state index in [1.54, 1.807) is 0 Å². The van der Waals surface area contributed by atoms with Gasteiger partial charge in [-0.1, -0.05) is 13.8 Å². The van der Waals surface area contributed by atoms with Gasteiger partial charge < -0.3 is 10.2 Å². The molecule has 0 aliphatic carbocycles. The lowest BCUT2D eigenvalue weighted by Gasteiger charge is -2.62. The predicted octanol–water partition coefficient (Wildman–Crippen LogP) is 3.64. The minimum Gasteiger partial charge on any atom is -0.356 e. The number of nitrogens with zero attached hydrogens (tertiary/aromatic N) is 4. The fraction of sp³-hybridized carbons (Fsp3) is 0.750. The van der Waals surface area contributed by atoms with E-state index in [0.29, 0.717) is 12.5 Å². The molecule has 0 spiro atoms. The summed E-state index contributed by atoms with van der Waals surface area (Å²) in [6, 6.07) is 0. The van der Waals surface area contributed by atoms with Crippen LogP contribution in [0.2, 0.25) is 0 Å². The number of aliphatic imine (C=N–C) groups is 1. The van der Waals surface area contributed by atoms with E-state index in [4.69, 9.17) is 0 Å². The summed E-state index contributed by atoms with van der Waals surface area (Å²) in [4.78, 5) is 6.54. The van der Waals surface area contributed by atoms with Gasteiger partial charge in [0, 0.05) is 42.9 Å². The number of alkyl halides is 3. The molecular formula is C16H27F3IN5. The lowest BCUT2D eigenvalue weighted by atomic mass is 9.65. The van der Waals surface area contributed by atoms with Crippen molar-refractivity contribution in [1.82, 2.24) is 20.0 Å². The highest BCUT2D eigenvalue weighted by Crippen LogP contribution is 2.46. The van der Waals surface area contributed by atoms with Gasteiger partial charge in [-0.2, -0.15) is 18.3 Å². The molecule has 0 radical (unpaired) electrons. The molecule has 1 aromatic rings. The summed E-state index contributed by atoms with van der Waals surface area (Å²) in [5.41, 5.74) is -0.782. The van der Waals surface area contributed by atoms with E-state index >= 15 is 0 Å². The van der Waals surface area contributed by atoms with Crippen LogP contribution in [-0.4, -0.2) is 39.3 Å². The zero-order valence-corrected chi connectivity index (χ0v) is 17.9. The smallest absolute Gasteiger partial charge is 0.356 e. The largest absolute Gasteiger partial charge is 0.435 e. The molecule has 9 heteroatoms. The molecule has 1 aliphatic rings. The maximum atomic E-state index is 13.0. The maximum Gasteiger partial charge on any atom is 0.435 e. The SMILES string of the molecule is CCNC(=NCc1cn(C)nc1C(F)(F)F)N1CC(C)(C)C1(C)C.I. The molecule has 1 aliphatic heterocycles. The van der Waals surface area contributed by atoms with Crippen LogP contribution in [0.4, 0.5) is 13.2 Å². The lowest BCUT2D eigenvalue weighted by Crippen LogP contribution is -2.72. The Labute approximate surface area is 164 Å². The van der Waals surface area contributed by atoms with Crippen molar-refractivity contribution in [3.05, 3.63) is 17.5 Å². The number of likely N-dealkylation sites (tertiary alicyclic amines) is 1. The number of rotatable bonds is 3. The Bertz CT molecular complexity index is 634. The number of guanidine groups is 1. The van der Waals surface area contributed by atoms with Crippen LogP contribution in [0, 0.1) is 5.41 Å². The Morgan fingerprint density at radius 3 is 2.36 bits per heavy atom. The van der Waals surface area contributed by atoms with E-state index < -0.39 is 11.9 Å². The van der Waals surface area contributed by atoms with E-state index in [2.05, 4.69) is 48.0 Å². The molecule has 144 valence electrons. The summed E-state index contributed by atoms with van der Waals surface area (Å²) in [5, 5.41) is 6.71. The van der Waals surface area contributed by atoms with Crippen molar-refractivity contribution in [2.45, 2.75) is 52.9 Å². The van der Waals surface area contributed by atoms with Crippen LogP contribution in [0.15, 0.2) is 11.2 Å². The van der Waals surface area contributed by atoms with Gasteiger partial charge in [-0.3, -0.25) is 4.68 Å². The second-order valence-electron chi connectivity index (χ2n) is 7.37. The third-order valence-electron chi connectivity index (χ3n) is 5.05. The molecule has 2 heterocycles. The average Bonchev–Trinajstić information content (AvgIpc) is 2.82. The average molecular weight is 473 g/mol. The van der Waals surface area contributed by atoms with Crippen molar-refractivity contribution < 1.29 is 13.2 Å². The van der Waals surface area contributed by atoms with Crippen LogP contribution < -0.4 is 5.32 Å². The van der Waals surface area contributed by atoms with Crippen LogP contribution in [0.25, 0.3) is 0 Å². The van der Waals surface area contributed by atoms with Crippen molar-refractivity contribution in [3.63, 3.8) is 0 Å². The first kappa shape index (κ1) is 22.0. The normalized spacial score (nSPS) is 19.2. The molecule has 2 rings (SSSR count). The molecule has 0 amide bonds. The standard InChI is InChI=1S/C16H26F3N5.HI/c1-7-20-13(24-10-14(2,3)15(24,4)5)21-8-11-9-23(6)22-12(11)16(17,18)19;/h9H,7-8,10H2,1-6H3,(H,20,21);1H. The topological polar surface area (TPSA) is 45.5 Å². The highest BCUT2D eigenvalue weighted by atomic mass is 127. The minimum absolute atomic E-state index is 0. The molecule has 0 bridgehead atoms. The van der Waals surface area contributed by atoms with Gasteiger partial charge in [0.05, 0.1) is 6.54 Å². The Morgan fingerprint density at radius 1 is 1.32 bits per heavy atom. The first-order valence-corrected chi connectivity index (χ1v) is 8.06. The van der Waals surface area contributed by atoms with Gasteiger partial charge in [-0.25, -0.2) is 4.99 Å². The molecule has 5 nitrogen and oxygen atoms in total. The van der Waals surface area contributed by atoms with Gasteiger partial charge in [0.1, 0.15) is 0 Å². The number of halogens is 4. The van der Waals surface area contributed by atoms with Gasteiger partial charge >= 0.3 is 6.18 Å². The Morgan fingerprint density at radius 2 is 1.92 bits per heavy atom. The number of aromatic nitrogens is 2. The van der Waals surface area contributed by atoms with Crippen LogP contribution >= 0.6 is 24.0 Å². The summed E-state index contributed by atoms with van der Waals surface area (Å²) in [6.07, 6.45) is -3.09. The zero-order valence-electron chi connectivity index (χ0n) is 15.5. The predicted molar refractivity (Wildman–Crippen MR) is 103 cm³/mol. The first-order chi connectivity index (χ1) is 10.9. The zero-order chi connectivity index (χ0) is 18.3. The summed E-state index contributed by atoms with van der Waals surface area (Å²) in [5.74, 6) is 0.638. The van der Waals surface area contributed by atoms with Gasteiger partial charge in [0.2, 0.25) is 0 Å². The van der Waals surface area contributed by atoms with Crippen molar-refractivity contribution >= 4 is 29.9 Å². The lowest BCUT2D eigenvalue weighted by molar-refractivity contribution is -0.142. The van der Waals surface area contributed by atoms with Gasteiger partial charge in [-0.05, 0) is 20.8 Å². The van der Waals surface area contributed by atoms with Crippen LogP contribution in [-0.2, 0) is 19.8 Å².